The number of anilines is 1. The maximum absolute atomic E-state index is 14.0. The number of para-hydroxylation sites is 1. The topological polar surface area (TPSA) is 71.0 Å². The van der Waals surface area contributed by atoms with Crippen molar-refractivity contribution in [2.75, 3.05) is 38.3 Å². The number of fused-ring (bicyclic) bond motifs is 1. The van der Waals surface area contributed by atoms with Gasteiger partial charge in [0.05, 0.1) is 13.2 Å². The van der Waals surface area contributed by atoms with Crippen molar-refractivity contribution in [1.29, 1.82) is 0 Å². The Hall–Kier alpha value is -2.30. The van der Waals surface area contributed by atoms with E-state index in [1.54, 1.807) is 19.3 Å². The van der Waals surface area contributed by atoms with Gasteiger partial charge in [0.2, 0.25) is 0 Å². The zero-order valence-electron chi connectivity index (χ0n) is 16.9. The quantitative estimate of drug-likeness (QED) is 0.362. The minimum Gasteiger partial charge on any atom is -0.490 e. The van der Waals surface area contributed by atoms with Crippen LogP contribution in [0, 0.1) is 5.82 Å². The van der Waals surface area contributed by atoms with Crippen LogP contribution in [0.1, 0.15) is 18.4 Å². The lowest BCUT2D eigenvalue weighted by atomic mass is 10.2. The molecular formula is C21H27FIN5O2. The smallest absolute Gasteiger partial charge is 0.191 e. The molecule has 0 aliphatic carbocycles. The molecule has 1 atom stereocenters. The van der Waals surface area contributed by atoms with Gasteiger partial charge in [-0.15, -0.1) is 24.0 Å². The van der Waals surface area contributed by atoms with Crippen molar-refractivity contribution in [3.05, 3.63) is 47.9 Å². The molecule has 0 spiro atoms. The zero-order chi connectivity index (χ0) is 20.1. The van der Waals surface area contributed by atoms with Crippen LogP contribution in [0.15, 0.2) is 41.5 Å². The Morgan fingerprint density at radius 3 is 2.97 bits per heavy atom. The highest BCUT2D eigenvalue weighted by Gasteiger charge is 2.26. The molecule has 1 aromatic heterocycles. The van der Waals surface area contributed by atoms with E-state index in [1.165, 1.54) is 6.07 Å². The van der Waals surface area contributed by atoms with E-state index < -0.39 is 0 Å². The first-order valence-electron chi connectivity index (χ1n) is 9.94. The second-order valence-corrected chi connectivity index (χ2v) is 7.11. The molecule has 2 aliphatic rings. The van der Waals surface area contributed by atoms with Crippen LogP contribution in [-0.4, -0.2) is 50.3 Å². The van der Waals surface area contributed by atoms with E-state index >= 15 is 0 Å². The van der Waals surface area contributed by atoms with Gasteiger partial charge in [0.1, 0.15) is 0 Å². The van der Waals surface area contributed by atoms with Crippen LogP contribution >= 0.6 is 24.0 Å². The van der Waals surface area contributed by atoms with Gasteiger partial charge in [0.25, 0.3) is 0 Å². The van der Waals surface area contributed by atoms with E-state index in [0.29, 0.717) is 38.1 Å². The Labute approximate surface area is 193 Å². The molecule has 0 bridgehead atoms. The third-order valence-corrected chi connectivity index (χ3v) is 5.09. The number of pyridine rings is 1. The number of guanidine groups is 1. The lowest BCUT2D eigenvalue weighted by molar-refractivity contribution is 0.296. The lowest BCUT2D eigenvalue weighted by Gasteiger charge is -2.20. The fourth-order valence-electron chi connectivity index (χ4n) is 3.64. The third-order valence-electron chi connectivity index (χ3n) is 5.09. The molecule has 1 unspecified atom stereocenters. The summed E-state index contributed by atoms with van der Waals surface area (Å²) in [5.74, 6) is 2.40. The van der Waals surface area contributed by atoms with Gasteiger partial charge < -0.3 is 25.0 Å². The largest absolute Gasteiger partial charge is 0.490 e. The summed E-state index contributed by atoms with van der Waals surface area (Å²) < 4.78 is 25.6. The van der Waals surface area contributed by atoms with Crippen LogP contribution < -0.4 is 25.0 Å². The molecule has 0 saturated carbocycles. The molecule has 0 radical (unpaired) electrons. The fourth-order valence-corrected chi connectivity index (χ4v) is 3.64. The molecule has 30 heavy (non-hydrogen) atoms. The molecule has 162 valence electrons. The Morgan fingerprint density at radius 1 is 1.27 bits per heavy atom. The van der Waals surface area contributed by atoms with Crippen molar-refractivity contribution in [1.82, 2.24) is 15.6 Å². The highest BCUT2D eigenvalue weighted by atomic mass is 127. The van der Waals surface area contributed by atoms with Crippen LogP contribution in [0.4, 0.5) is 10.2 Å². The van der Waals surface area contributed by atoms with Gasteiger partial charge in [-0.3, -0.25) is 4.99 Å². The zero-order valence-corrected chi connectivity index (χ0v) is 19.3. The summed E-state index contributed by atoms with van der Waals surface area (Å²) in [7, 11) is 1.74. The fraction of sp³-hybridized carbons (Fsp3) is 0.429. The van der Waals surface area contributed by atoms with Crippen molar-refractivity contribution in [2.24, 2.45) is 4.99 Å². The summed E-state index contributed by atoms with van der Waals surface area (Å²) >= 11 is 0. The molecule has 1 fully saturated rings. The molecule has 1 aromatic carbocycles. The minimum atomic E-state index is -0.289. The van der Waals surface area contributed by atoms with Crippen LogP contribution in [0.5, 0.6) is 11.5 Å². The lowest BCUT2D eigenvalue weighted by Crippen LogP contribution is -2.44. The van der Waals surface area contributed by atoms with E-state index in [1.807, 2.05) is 23.1 Å². The molecule has 3 heterocycles. The average molecular weight is 527 g/mol. The number of nitrogens with one attached hydrogen (secondary N) is 2. The van der Waals surface area contributed by atoms with Gasteiger partial charge in [-0.1, -0.05) is 12.1 Å². The average Bonchev–Trinajstić information content (AvgIpc) is 3.06. The first-order chi connectivity index (χ1) is 14.2. The number of hydrogen-bond donors (Lipinski definition) is 2. The molecule has 7 nitrogen and oxygen atoms in total. The van der Waals surface area contributed by atoms with Gasteiger partial charge in [0.15, 0.2) is 29.1 Å². The Balaban J connectivity index is 0.00000256. The molecule has 1 saturated heterocycles. The van der Waals surface area contributed by atoms with Crippen LogP contribution in [0.2, 0.25) is 0 Å². The van der Waals surface area contributed by atoms with Crippen molar-refractivity contribution in [3.63, 3.8) is 0 Å². The van der Waals surface area contributed by atoms with Gasteiger partial charge in [-0.2, -0.15) is 0 Å². The van der Waals surface area contributed by atoms with Gasteiger partial charge in [0, 0.05) is 50.9 Å². The van der Waals surface area contributed by atoms with Crippen LogP contribution in [0.25, 0.3) is 0 Å². The number of ether oxygens (including phenoxy) is 2. The molecule has 0 amide bonds. The normalized spacial score (nSPS) is 18.4. The molecule has 9 heteroatoms. The van der Waals surface area contributed by atoms with Gasteiger partial charge in [-0.05, 0) is 24.6 Å². The highest BCUT2D eigenvalue weighted by molar-refractivity contribution is 14.0. The monoisotopic (exact) mass is 527 g/mol. The van der Waals surface area contributed by atoms with Crippen LogP contribution in [0.3, 0.4) is 0 Å². The summed E-state index contributed by atoms with van der Waals surface area (Å²) in [5, 5.41) is 6.77. The first-order valence-corrected chi connectivity index (χ1v) is 9.94. The number of benzene rings is 1. The number of aliphatic imine (C=N–C) groups is 1. The summed E-state index contributed by atoms with van der Waals surface area (Å²) in [4.78, 5) is 10.5. The second kappa shape index (κ2) is 10.6. The maximum Gasteiger partial charge on any atom is 0.191 e. The van der Waals surface area contributed by atoms with Gasteiger partial charge in [-0.25, -0.2) is 9.37 Å². The summed E-state index contributed by atoms with van der Waals surface area (Å²) in [6.45, 7) is 3.31. The number of rotatable bonds is 4. The van der Waals surface area contributed by atoms with Gasteiger partial charge >= 0.3 is 0 Å². The van der Waals surface area contributed by atoms with E-state index in [-0.39, 0.29) is 35.8 Å². The molecule has 2 aliphatic heterocycles. The second-order valence-electron chi connectivity index (χ2n) is 7.11. The van der Waals surface area contributed by atoms with Crippen molar-refractivity contribution < 1.29 is 13.9 Å². The van der Waals surface area contributed by atoms with E-state index in [2.05, 4.69) is 20.6 Å². The third kappa shape index (κ3) is 5.24. The van der Waals surface area contributed by atoms with E-state index in [0.717, 1.165) is 36.4 Å². The van der Waals surface area contributed by atoms with Crippen molar-refractivity contribution in [3.8, 4) is 11.5 Å². The SMILES string of the molecule is CN=C(NCc1cccc2c1OCCCO2)NC1CCN(c2ncccc2F)C1.I. The molecule has 4 rings (SSSR count). The highest BCUT2D eigenvalue weighted by Crippen LogP contribution is 2.33. The molecular weight excluding hydrogens is 500 g/mol. The van der Waals surface area contributed by atoms with Crippen molar-refractivity contribution in [2.45, 2.75) is 25.4 Å². The number of nitrogens with zero attached hydrogens (tertiary/aromatic N) is 3. The van der Waals surface area contributed by atoms with E-state index in [9.17, 15) is 4.39 Å². The molecule has 2 N–H and O–H groups in total. The summed E-state index contributed by atoms with van der Waals surface area (Å²) in [5.41, 5.74) is 1.02. The van der Waals surface area contributed by atoms with Crippen LogP contribution in [-0.2, 0) is 6.54 Å². The molecule has 2 aromatic rings. The Morgan fingerprint density at radius 2 is 2.13 bits per heavy atom. The predicted molar refractivity (Wildman–Crippen MR) is 126 cm³/mol. The number of aromatic nitrogens is 1. The minimum absolute atomic E-state index is 0. The number of halogens is 2. The standard InChI is InChI=1S/C21H26FN5O2.HI/c1-23-21(25-13-15-5-2-7-18-19(15)29-12-4-11-28-18)26-16-8-10-27(14-16)20-17(22)6-3-9-24-20;/h2-3,5-7,9,16H,4,8,10-14H2,1H3,(H2,23,25,26);1H. The summed E-state index contributed by atoms with van der Waals surface area (Å²) in [6, 6.07) is 9.13. The Kier molecular flexibility index (Phi) is 7.94. The maximum atomic E-state index is 14.0. The predicted octanol–water partition coefficient (Wildman–Crippen LogP) is 2.94. The first kappa shape index (κ1) is 22.4. The van der Waals surface area contributed by atoms with E-state index in [4.69, 9.17) is 9.47 Å². The van der Waals surface area contributed by atoms with Crippen molar-refractivity contribution >= 4 is 35.8 Å². The number of hydrogen-bond acceptors (Lipinski definition) is 5. The summed E-state index contributed by atoms with van der Waals surface area (Å²) in [6.07, 6.45) is 3.38. The Bertz CT molecular complexity index is 882.